The second kappa shape index (κ2) is 6.87. The fraction of sp³-hybridized carbons (Fsp3) is 0.111. The lowest BCUT2D eigenvalue weighted by Crippen LogP contribution is -2.14. The number of ether oxygens (including phenoxy) is 2. The van der Waals surface area contributed by atoms with Gasteiger partial charge in [0.2, 0.25) is 0 Å². The van der Waals surface area contributed by atoms with Crippen molar-refractivity contribution in [2.24, 2.45) is 0 Å². The Balaban J connectivity index is 1.87. The van der Waals surface area contributed by atoms with Crippen molar-refractivity contribution < 1.29 is 9.47 Å². The molecule has 6 nitrogen and oxygen atoms in total. The van der Waals surface area contributed by atoms with Crippen molar-refractivity contribution in [1.82, 2.24) is 14.8 Å². The number of aromatic nitrogens is 3. The molecule has 0 saturated carbocycles. The molecule has 3 aromatic rings. The van der Waals surface area contributed by atoms with Crippen molar-refractivity contribution >= 4 is 12.2 Å². The van der Waals surface area contributed by atoms with Crippen LogP contribution in [-0.4, -0.2) is 29.0 Å². The normalized spacial score (nSPS) is 10.9. The third kappa shape index (κ3) is 3.22. The van der Waals surface area contributed by atoms with Crippen molar-refractivity contribution in [2.45, 2.75) is 0 Å². The second-order valence-electron chi connectivity index (χ2n) is 5.02. The van der Waals surface area contributed by atoms with E-state index in [2.05, 4.69) is 10.1 Å². The highest BCUT2D eigenvalue weighted by Crippen LogP contribution is 2.28. The number of benzene rings is 1. The minimum atomic E-state index is -0.166. The van der Waals surface area contributed by atoms with Crippen LogP contribution in [0.15, 0.2) is 53.5 Å². The van der Waals surface area contributed by atoms with Gasteiger partial charge in [-0.15, -0.1) is 0 Å². The number of pyridine rings is 1. The average Bonchev–Trinajstić information content (AvgIpc) is 3.01. The van der Waals surface area contributed by atoms with Crippen molar-refractivity contribution in [3.05, 3.63) is 70.3 Å². The zero-order valence-electron chi connectivity index (χ0n) is 13.4. The molecule has 0 amide bonds. The smallest absolute Gasteiger partial charge is 0.273 e. The molecule has 24 heavy (non-hydrogen) atoms. The maximum Gasteiger partial charge on any atom is 0.273 e. The van der Waals surface area contributed by atoms with E-state index in [4.69, 9.17) is 9.47 Å². The lowest BCUT2D eigenvalue weighted by atomic mass is 10.2. The highest BCUT2D eigenvalue weighted by molar-refractivity contribution is 5.69. The van der Waals surface area contributed by atoms with E-state index in [0.717, 1.165) is 5.56 Å². The van der Waals surface area contributed by atoms with E-state index in [1.807, 2.05) is 36.4 Å². The molecular weight excluding hydrogens is 306 g/mol. The number of H-pyrrole nitrogens is 1. The summed E-state index contributed by atoms with van der Waals surface area (Å²) in [4.78, 5) is 16.2. The van der Waals surface area contributed by atoms with E-state index in [0.29, 0.717) is 23.0 Å². The molecule has 0 aliphatic rings. The summed E-state index contributed by atoms with van der Waals surface area (Å²) in [5, 5.41) is 3.02. The number of hydrogen-bond acceptors (Lipinski definition) is 4. The molecule has 6 heteroatoms. The van der Waals surface area contributed by atoms with Crippen LogP contribution in [0.5, 0.6) is 11.5 Å². The van der Waals surface area contributed by atoms with Gasteiger partial charge in [-0.1, -0.05) is 18.2 Å². The molecule has 1 N–H and O–H groups in total. The molecule has 0 radical (unpaired) electrons. The van der Waals surface area contributed by atoms with Gasteiger partial charge < -0.3 is 9.47 Å². The van der Waals surface area contributed by atoms with Crippen molar-refractivity contribution in [3.8, 4) is 17.3 Å². The van der Waals surface area contributed by atoms with Crippen molar-refractivity contribution in [3.63, 3.8) is 0 Å². The van der Waals surface area contributed by atoms with E-state index in [9.17, 15) is 4.79 Å². The summed E-state index contributed by atoms with van der Waals surface area (Å²) in [7, 11) is 3.19. The monoisotopic (exact) mass is 323 g/mol. The van der Waals surface area contributed by atoms with Crippen LogP contribution in [0.3, 0.4) is 0 Å². The molecule has 122 valence electrons. The first-order chi connectivity index (χ1) is 11.7. The Kier molecular flexibility index (Phi) is 4.47. The Morgan fingerprint density at radius 2 is 1.88 bits per heavy atom. The maximum atomic E-state index is 12.1. The summed E-state index contributed by atoms with van der Waals surface area (Å²) < 4.78 is 11.9. The largest absolute Gasteiger partial charge is 0.493 e. The fourth-order valence-corrected chi connectivity index (χ4v) is 2.30. The molecule has 0 fully saturated rings. The molecule has 0 aliphatic carbocycles. The van der Waals surface area contributed by atoms with Gasteiger partial charge in [0.25, 0.3) is 5.56 Å². The van der Waals surface area contributed by atoms with E-state index < -0.39 is 0 Å². The van der Waals surface area contributed by atoms with Gasteiger partial charge in [-0.3, -0.25) is 9.89 Å². The Morgan fingerprint density at radius 1 is 1.04 bits per heavy atom. The summed E-state index contributed by atoms with van der Waals surface area (Å²) in [6.07, 6.45) is 5.35. The zero-order valence-corrected chi connectivity index (χ0v) is 13.4. The van der Waals surface area contributed by atoms with Crippen LogP contribution < -0.4 is 15.0 Å². The predicted molar refractivity (Wildman–Crippen MR) is 92.7 cm³/mol. The van der Waals surface area contributed by atoms with Crippen LogP contribution >= 0.6 is 0 Å². The van der Waals surface area contributed by atoms with Gasteiger partial charge in [0.05, 0.1) is 19.9 Å². The molecule has 0 saturated heterocycles. The van der Waals surface area contributed by atoms with Gasteiger partial charge in [-0.25, -0.2) is 9.67 Å². The Morgan fingerprint density at radius 3 is 2.58 bits per heavy atom. The van der Waals surface area contributed by atoms with E-state index >= 15 is 0 Å². The Hall–Kier alpha value is -3.28. The summed E-state index contributed by atoms with van der Waals surface area (Å²) in [6, 6.07) is 12.5. The number of nitrogens with one attached hydrogen (secondary N) is 1. The molecule has 3 rings (SSSR count). The molecule has 0 atom stereocenters. The minimum absolute atomic E-state index is 0.166. The first kappa shape index (κ1) is 15.6. The standard InChI is InChI=1S/C18H17N3O3/c1-23-15-9-7-13(11-16(15)24-2)6-8-14-12-18(22)21(20-14)17-5-3-4-10-19-17/h3-12,20H,1-2H3. The molecule has 2 heterocycles. The maximum absolute atomic E-state index is 12.1. The van der Waals surface area contributed by atoms with Crippen LogP contribution in [0, 0.1) is 0 Å². The van der Waals surface area contributed by atoms with Crippen LogP contribution in [0.2, 0.25) is 0 Å². The lowest BCUT2D eigenvalue weighted by molar-refractivity contribution is 0.355. The first-order valence-corrected chi connectivity index (χ1v) is 7.35. The summed E-state index contributed by atoms with van der Waals surface area (Å²) in [5.74, 6) is 1.87. The SMILES string of the molecule is COc1ccc(C=Cc2cc(=O)n(-c3ccccn3)[nH]2)cc1OC. The molecule has 1 aromatic carbocycles. The minimum Gasteiger partial charge on any atom is -0.493 e. The lowest BCUT2D eigenvalue weighted by Gasteiger charge is -2.07. The number of hydrogen-bond donors (Lipinski definition) is 1. The fourth-order valence-electron chi connectivity index (χ4n) is 2.30. The second-order valence-corrected chi connectivity index (χ2v) is 5.02. The van der Waals surface area contributed by atoms with Gasteiger partial charge in [-0.2, -0.15) is 0 Å². The third-order valence-electron chi connectivity index (χ3n) is 3.48. The number of nitrogens with zero attached hydrogens (tertiary/aromatic N) is 2. The zero-order chi connectivity index (χ0) is 16.9. The van der Waals surface area contributed by atoms with Crippen molar-refractivity contribution in [2.75, 3.05) is 14.2 Å². The van der Waals surface area contributed by atoms with Gasteiger partial charge in [-0.05, 0) is 35.9 Å². The van der Waals surface area contributed by atoms with Crippen LogP contribution in [0.1, 0.15) is 11.3 Å². The molecule has 0 spiro atoms. The first-order valence-electron chi connectivity index (χ1n) is 7.35. The highest BCUT2D eigenvalue weighted by atomic mass is 16.5. The molecular formula is C18H17N3O3. The molecule has 2 aromatic heterocycles. The third-order valence-corrected chi connectivity index (χ3v) is 3.48. The summed E-state index contributed by atoms with van der Waals surface area (Å²) in [5.41, 5.74) is 1.44. The summed E-state index contributed by atoms with van der Waals surface area (Å²) in [6.45, 7) is 0. The number of methoxy groups -OCH3 is 2. The van der Waals surface area contributed by atoms with Gasteiger partial charge in [0, 0.05) is 12.3 Å². The van der Waals surface area contributed by atoms with Gasteiger partial charge in [0.15, 0.2) is 17.3 Å². The number of rotatable bonds is 5. The van der Waals surface area contributed by atoms with Crippen LogP contribution in [0.4, 0.5) is 0 Å². The van der Waals surface area contributed by atoms with Gasteiger partial charge >= 0.3 is 0 Å². The predicted octanol–water partition coefficient (Wildman–Crippen LogP) is 2.75. The van der Waals surface area contributed by atoms with E-state index in [-0.39, 0.29) is 5.56 Å². The highest BCUT2D eigenvalue weighted by Gasteiger charge is 2.05. The molecule has 0 unspecified atom stereocenters. The van der Waals surface area contributed by atoms with E-state index in [1.54, 1.807) is 32.5 Å². The van der Waals surface area contributed by atoms with E-state index in [1.165, 1.54) is 10.7 Å². The average molecular weight is 323 g/mol. The van der Waals surface area contributed by atoms with Gasteiger partial charge in [0.1, 0.15) is 0 Å². The van der Waals surface area contributed by atoms with Crippen LogP contribution in [-0.2, 0) is 0 Å². The molecule has 0 aliphatic heterocycles. The Bertz CT molecular complexity index is 911. The topological polar surface area (TPSA) is 69.1 Å². The quantitative estimate of drug-likeness (QED) is 0.784. The van der Waals surface area contributed by atoms with Crippen LogP contribution in [0.25, 0.3) is 18.0 Å². The summed E-state index contributed by atoms with van der Waals surface area (Å²) >= 11 is 0. The molecule has 0 bridgehead atoms. The van der Waals surface area contributed by atoms with Crippen molar-refractivity contribution in [1.29, 1.82) is 0 Å². The number of aromatic amines is 1. The Labute approximate surface area is 139 Å².